The molecule has 2 aromatic carbocycles. The standard InChI is InChI=1S/C17H20N2O3/c1-21-14-6-8-15(9-7-14)22-11-10-19-17(20)12-13-4-2-3-5-16(13)18/h2-9H,10-12,18H2,1H3,(H,19,20). The Morgan fingerprint density at radius 3 is 2.45 bits per heavy atom. The smallest absolute Gasteiger partial charge is 0.224 e. The van der Waals surface area contributed by atoms with Gasteiger partial charge in [0, 0.05) is 5.69 Å². The van der Waals surface area contributed by atoms with Crippen molar-refractivity contribution in [1.29, 1.82) is 0 Å². The summed E-state index contributed by atoms with van der Waals surface area (Å²) in [4.78, 5) is 11.8. The van der Waals surface area contributed by atoms with Crippen LogP contribution >= 0.6 is 0 Å². The number of para-hydroxylation sites is 1. The van der Waals surface area contributed by atoms with Crippen LogP contribution in [-0.2, 0) is 11.2 Å². The van der Waals surface area contributed by atoms with Crippen LogP contribution in [0.2, 0.25) is 0 Å². The number of nitrogens with one attached hydrogen (secondary N) is 1. The third-order valence-electron chi connectivity index (χ3n) is 3.16. The van der Waals surface area contributed by atoms with Crippen molar-refractivity contribution >= 4 is 11.6 Å². The second-order valence-corrected chi connectivity index (χ2v) is 4.75. The van der Waals surface area contributed by atoms with Gasteiger partial charge in [0.2, 0.25) is 5.91 Å². The number of rotatable bonds is 7. The lowest BCUT2D eigenvalue weighted by Gasteiger charge is -2.09. The highest BCUT2D eigenvalue weighted by molar-refractivity contribution is 5.80. The minimum atomic E-state index is -0.0729. The van der Waals surface area contributed by atoms with Crippen LogP contribution in [-0.4, -0.2) is 26.2 Å². The minimum absolute atomic E-state index is 0.0729. The monoisotopic (exact) mass is 300 g/mol. The van der Waals surface area contributed by atoms with E-state index in [4.69, 9.17) is 15.2 Å². The van der Waals surface area contributed by atoms with E-state index in [1.54, 1.807) is 13.2 Å². The van der Waals surface area contributed by atoms with Crippen LogP contribution in [0.15, 0.2) is 48.5 Å². The predicted molar refractivity (Wildman–Crippen MR) is 86.1 cm³/mol. The molecule has 5 nitrogen and oxygen atoms in total. The van der Waals surface area contributed by atoms with Gasteiger partial charge in [-0.1, -0.05) is 18.2 Å². The first-order valence-corrected chi connectivity index (χ1v) is 7.06. The zero-order valence-corrected chi connectivity index (χ0v) is 12.5. The second kappa shape index (κ2) is 7.93. The number of nitrogen functional groups attached to an aromatic ring is 1. The van der Waals surface area contributed by atoms with Gasteiger partial charge in [-0.2, -0.15) is 0 Å². The summed E-state index contributed by atoms with van der Waals surface area (Å²) in [5, 5.41) is 2.81. The van der Waals surface area contributed by atoms with Crippen molar-refractivity contribution in [2.24, 2.45) is 0 Å². The molecule has 5 heteroatoms. The van der Waals surface area contributed by atoms with E-state index >= 15 is 0 Å². The van der Waals surface area contributed by atoms with E-state index in [2.05, 4.69) is 5.32 Å². The van der Waals surface area contributed by atoms with Crippen LogP contribution in [0.25, 0.3) is 0 Å². The molecule has 116 valence electrons. The van der Waals surface area contributed by atoms with Crippen molar-refractivity contribution in [3.63, 3.8) is 0 Å². The summed E-state index contributed by atoms with van der Waals surface area (Å²) < 4.78 is 10.6. The summed E-state index contributed by atoms with van der Waals surface area (Å²) >= 11 is 0. The number of carbonyl (C=O) groups excluding carboxylic acids is 1. The number of hydrogen-bond donors (Lipinski definition) is 2. The molecule has 0 saturated heterocycles. The number of anilines is 1. The number of carbonyl (C=O) groups is 1. The van der Waals surface area contributed by atoms with Crippen molar-refractivity contribution in [2.75, 3.05) is 26.0 Å². The highest BCUT2D eigenvalue weighted by Gasteiger charge is 2.05. The molecule has 0 aliphatic rings. The first-order chi connectivity index (χ1) is 10.7. The van der Waals surface area contributed by atoms with Gasteiger partial charge < -0.3 is 20.5 Å². The molecule has 0 aliphatic carbocycles. The number of hydrogen-bond acceptors (Lipinski definition) is 4. The minimum Gasteiger partial charge on any atom is -0.497 e. The maximum atomic E-state index is 11.8. The predicted octanol–water partition coefficient (Wildman–Crippen LogP) is 2.02. The van der Waals surface area contributed by atoms with Crippen molar-refractivity contribution in [3.8, 4) is 11.5 Å². The Balaban J connectivity index is 1.69. The molecule has 0 fully saturated rings. The van der Waals surface area contributed by atoms with Gasteiger partial charge >= 0.3 is 0 Å². The summed E-state index contributed by atoms with van der Waals surface area (Å²) in [5.41, 5.74) is 7.27. The molecule has 0 heterocycles. The first-order valence-electron chi connectivity index (χ1n) is 7.06. The van der Waals surface area contributed by atoms with Crippen molar-refractivity contribution in [3.05, 3.63) is 54.1 Å². The Hall–Kier alpha value is -2.69. The lowest BCUT2D eigenvalue weighted by atomic mass is 10.1. The zero-order chi connectivity index (χ0) is 15.8. The van der Waals surface area contributed by atoms with E-state index in [1.807, 2.05) is 42.5 Å². The molecule has 22 heavy (non-hydrogen) atoms. The Morgan fingerprint density at radius 1 is 1.09 bits per heavy atom. The van der Waals surface area contributed by atoms with Gasteiger partial charge in [-0.25, -0.2) is 0 Å². The summed E-state index contributed by atoms with van der Waals surface area (Å²) in [6.07, 6.45) is 0.273. The molecule has 0 aliphatic heterocycles. The summed E-state index contributed by atoms with van der Waals surface area (Å²) in [6.45, 7) is 0.847. The lowest BCUT2D eigenvalue weighted by Crippen LogP contribution is -2.29. The van der Waals surface area contributed by atoms with E-state index in [0.29, 0.717) is 18.8 Å². The lowest BCUT2D eigenvalue weighted by molar-refractivity contribution is -0.120. The molecule has 0 spiro atoms. The maximum Gasteiger partial charge on any atom is 0.224 e. The van der Waals surface area contributed by atoms with Crippen LogP contribution in [0.4, 0.5) is 5.69 Å². The fraction of sp³-hybridized carbons (Fsp3) is 0.235. The largest absolute Gasteiger partial charge is 0.497 e. The number of amides is 1. The molecular formula is C17H20N2O3. The van der Waals surface area contributed by atoms with Gasteiger partial charge in [0.25, 0.3) is 0 Å². The molecule has 0 radical (unpaired) electrons. The van der Waals surface area contributed by atoms with Crippen molar-refractivity contribution in [2.45, 2.75) is 6.42 Å². The third kappa shape index (κ3) is 4.70. The normalized spacial score (nSPS) is 10.0. The Bertz CT molecular complexity index is 612. The highest BCUT2D eigenvalue weighted by Crippen LogP contribution is 2.16. The highest BCUT2D eigenvalue weighted by atomic mass is 16.5. The maximum absolute atomic E-state index is 11.8. The molecule has 0 bridgehead atoms. The molecule has 3 N–H and O–H groups in total. The van der Waals surface area contributed by atoms with Crippen LogP contribution in [0.1, 0.15) is 5.56 Å². The molecule has 0 atom stereocenters. The topological polar surface area (TPSA) is 73.6 Å². The van der Waals surface area contributed by atoms with Gasteiger partial charge in [0.1, 0.15) is 18.1 Å². The summed E-state index contributed by atoms with van der Waals surface area (Å²) in [7, 11) is 1.62. The van der Waals surface area contributed by atoms with E-state index in [1.165, 1.54) is 0 Å². The quantitative estimate of drug-likeness (QED) is 0.606. The molecular weight excluding hydrogens is 280 g/mol. The Kier molecular flexibility index (Phi) is 5.65. The van der Waals surface area contributed by atoms with Crippen molar-refractivity contribution < 1.29 is 14.3 Å². The van der Waals surface area contributed by atoms with Gasteiger partial charge in [-0.15, -0.1) is 0 Å². The van der Waals surface area contributed by atoms with E-state index in [-0.39, 0.29) is 12.3 Å². The number of methoxy groups -OCH3 is 1. The van der Waals surface area contributed by atoms with Gasteiger partial charge in [-0.3, -0.25) is 4.79 Å². The summed E-state index contributed by atoms with van der Waals surface area (Å²) in [6, 6.07) is 14.7. The van der Waals surface area contributed by atoms with E-state index in [9.17, 15) is 4.79 Å². The van der Waals surface area contributed by atoms with Gasteiger partial charge in [-0.05, 0) is 35.9 Å². The van der Waals surface area contributed by atoms with E-state index in [0.717, 1.165) is 17.1 Å². The van der Waals surface area contributed by atoms with Crippen LogP contribution in [0, 0.1) is 0 Å². The first kappa shape index (κ1) is 15.7. The molecule has 0 aromatic heterocycles. The number of benzene rings is 2. The van der Waals surface area contributed by atoms with E-state index < -0.39 is 0 Å². The fourth-order valence-electron chi connectivity index (χ4n) is 1.96. The SMILES string of the molecule is COc1ccc(OCCNC(=O)Cc2ccccc2N)cc1. The van der Waals surface area contributed by atoms with Crippen molar-refractivity contribution in [1.82, 2.24) is 5.32 Å². The summed E-state index contributed by atoms with van der Waals surface area (Å²) in [5.74, 6) is 1.44. The Morgan fingerprint density at radius 2 is 1.77 bits per heavy atom. The number of ether oxygens (including phenoxy) is 2. The average molecular weight is 300 g/mol. The molecule has 2 rings (SSSR count). The molecule has 2 aromatic rings. The zero-order valence-electron chi connectivity index (χ0n) is 12.5. The van der Waals surface area contributed by atoms with Crippen LogP contribution in [0.3, 0.4) is 0 Å². The third-order valence-corrected chi connectivity index (χ3v) is 3.16. The molecule has 0 unspecified atom stereocenters. The van der Waals surface area contributed by atoms with Gasteiger partial charge in [0.05, 0.1) is 20.1 Å². The van der Waals surface area contributed by atoms with Crippen LogP contribution < -0.4 is 20.5 Å². The fourth-order valence-corrected chi connectivity index (χ4v) is 1.96. The number of nitrogens with two attached hydrogens (primary N) is 1. The second-order valence-electron chi connectivity index (χ2n) is 4.75. The van der Waals surface area contributed by atoms with Gasteiger partial charge in [0.15, 0.2) is 0 Å². The molecule has 0 saturated carbocycles. The molecule has 1 amide bonds. The average Bonchev–Trinajstić information content (AvgIpc) is 2.54. The van der Waals surface area contributed by atoms with Crippen LogP contribution in [0.5, 0.6) is 11.5 Å². The Labute approximate surface area is 130 Å².